The van der Waals surface area contributed by atoms with Gasteiger partial charge in [0.05, 0.1) is 6.20 Å². The first kappa shape index (κ1) is 12.5. The summed E-state index contributed by atoms with van der Waals surface area (Å²) in [6.07, 6.45) is 5.09. The Labute approximate surface area is 100 Å². The van der Waals surface area contributed by atoms with Crippen LogP contribution < -0.4 is 4.72 Å². The number of aliphatic hydroxyl groups excluding tert-OH is 1. The Morgan fingerprint density at radius 2 is 2.24 bits per heavy atom. The van der Waals surface area contributed by atoms with Crippen molar-refractivity contribution in [3.63, 3.8) is 0 Å². The fourth-order valence-corrected chi connectivity index (χ4v) is 3.49. The van der Waals surface area contributed by atoms with Crippen LogP contribution in [0, 0.1) is 5.92 Å². The van der Waals surface area contributed by atoms with Gasteiger partial charge >= 0.3 is 0 Å². The van der Waals surface area contributed by atoms with Crippen molar-refractivity contribution in [2.45, 2.75) is 36.8 Å². The van der Waals surface area contributed by atoms with E-state index in [0.29, 0.717) is 0 Å². The van der Waals surface area contributed by atoms with Gasteiger partial charge in [-0.25, -0.2) is 13.1 Å². The summed E-state index contributed by atoms with van der Waals surface area (Å²) in [5.41, 5.74) is 0. The summed E-state index contributed by atoms with van der Waals surface area (Å²) in [7, 11) is -3.54. The van der Waals surface area contributed by atoms with E-state index < -0.39 is 10.0 Å². The highest BCUT2D eigenvalue weighted by Crippen LogP contribution is 2.25. The largest absolute Gasteiger partial charge is 0.396 e. The molecule has 0 amide bonds. The van der Waals surface area contributed by atoms with Crippen LogP contribution in [0.3, 0.4) is 0 Å². The van der Waals surface area contributed by atoms with E-state index in [9.17, 15) is 13.5 Å². The van der Waals surface area contributed by atoms with Gasteiger partial charge in [0.2, 0.25) is 0 Å². The molecule has 1 fully saturated rings. The van der Waals surface area contributed by atoms with Gasteiger partial charge in [-0.1, -0.05) is 12.8 Å². The number of aromatic amines is 1. The molecule has 2 rings (SSSR count). The second-order valence-corrected chi connectivity index (χ2v) is 6.06. The molecule has 0 radical (unpaired) electrons. The Morgan fingerprint density at radius 3 is 2.88 bits per heavy atom. The molecule has 2 unspecified atom stereocenters. The molecule has 96 valence electrons. The lowest BCUT2D eigenvalue weighted by Gasteiger charge is -2.30. The zero-order valence-corrected chi connectivity index (χ0v) is 10.3. The molecule has 1 aromatic heterocycles. The minimum atomic E-state index is -3.54. The van der Waals surface area contributed by atoms with E-state index >= 15 is 0 Å². The molecular formula is C10H17N3O3S. The molecule has 0 aromatic carbocycles. The van der Waals surface area contributed by atoms with Gasteiger partial charge in [-0.3, -0.25) is 5.10 Å². The summed E-state index contributed by atoms with van der Waals surface area (Å²) >= 11 is 0. The number of nitrogens with zero attached hydrogens (tertiary/aromatic N) is 1. The first-order chi connectivity index (χ1) is 8.13. The third kappa shape index (κ3) is 2.85. The van der Waals surface area contributed by atoms with Gasteiger partial charge in [-0.15, -0.1) is 0 Å². The highest BCUT2D eigenvalue weighted by Gasteiger charge is 2.29. The van der Waals surface area contributed by atoms with Crippen molar-refractivity contribution in [3.05, 3.63) is 12.3 Å². The predicted molar refractivity (Wildman–Crippen MR) is 61.7 cm³/mol. The van der Waals surface area contributed by atoms with Crippen molar-refractivity contribution in [3.8, 4) is 0 Å². The van der Waals surface area contributed by atoms with Crippen LogP contribution in [0.15, 0.2) is 17.3 Å². The van der Waals surface area contributed by atoms with E-state index in [-0.39, 0.29) is 23.6 Å². The van der Waals surface area contributed by atoms with E-state index in [1.54, 1.807) is 0 Å². The lowest BCUT2D eigenvalue weighted by Crippen LogP contribution is -2.43. The van der Waals surface area contributed by atoms with E-state index in [1.165, 1.54) is 12.3 Å². The van der Waals surface area contributed by atoms with Crippen LogP contribution in [0.1, 0.15) is 25.7 Å². The van der Waals surface area contributed by atoms with Gasteiger partial charge in [-0.2, -0.15) is 5.10 Å². The molecule has 17 heavy (non-hydrogen) atoms. The molecule has 0 saturated heterocycles. The number of hydrogen-bond acceptors (Lipinski definition) is 4. The molecule has 1 aliphatic carbocycles. The maximum atomic E-state index is 12.0. The minimum Gasteiger partial charge on any atom is -0.396 e. The number of nitrogens with one attached hydrogen (secondary N) is 2. The Hall–Kier alpha value is -0.920. The van der Waals surface area contributed by atoms with E-state index in [2.05, 4.69) is 14.9 Å². The Bertz CT molecular complexity index is 443. The van der Waals surface area contributed by atoms with Gasteiger partial charge in [0.15, 0.2) is 5.03 Å². The lowest BCUT2D eigenvalue weighted by atomic mass is 9.86. The maximum Gasteiger partial charge on any atom is 0.257 e. The molecule has 3 N–H and O–H groups in total. The number of sulfonamides is 1. The number of H-pyrrole nitrogens is 1. The zero-order chi connectivity index (χ0) is 12.3. The summed E-state index contributed by atoms with van der Waals surface area (Å²) in [6, 6.07) is 1.24. The topological polar surface area (TPSA) is 95.1 Å². The summed E-state index contributed by atoms with van der Waals surface area (Å²) in [5, 5.41) is 15.4. The summed E-state index contributed by atoms with van der Waals surface area (Å²) in [6.45, 7) is 0.0240. The van der Waals surface area contributed by atoms with Gasteiger partial charge < -0.3 is 5.11 Å². The molecule has 0 spiro atoms. The molecule has 2 atom stereocenters. The molecule has 0 aliphatic heterocycles. The van der Waals surface area contributed by atoms with Crippen molar-refractivity contribution in [2.24, 2.45) is 5.92 Å². The molecule has 7 heteroatoms. The van der Waals surface area contributed by atoms with Crippen LogP contribution in [-0.4, -0.2) is 36.4 Å². The Kier molecular flexibility index (Phi) is 3.80. The first-order valence-corrected chi connectivity index (χ1v) is 7.24. The fraction of sp³-hybridized carbons (Fsp3) is 0.700. The van der Waals surface area contributed by atoms with Crippen molar-refractivity contribution in [1.29, 1.82) is 0 Å². The van der Waals surface area contributed by atoms with E-state index in [0.717, 1.165) is 25.7 Å². The Balaban J connectivity index is 2.09. The van der Waals surface area contributed by atoms with Crippen molar-refractivity contribution in [2.75, 3.05) is 6.61 Å². The second-order valence-electron chi connectivity index (χ2n) is 4.38. The Morgan fingerprint density at radius 1 is 1.47 bits per heavy atom. The predicted octanol–water partition coefficient (Wildman–Crippen LogP) is 0.239. The lowest BCUT2D eigenvalue weighted by molar-refractivity contribution is 0.164. The van der Waals surface area contributed by atoms with Crippen LogP contribution >= 0.6 is 0 Å². The normalized spacial score (nSPS) is 25.9. The zero-order valence-electron chi connectivity index (χ0n) is 9.46. The van der Waals surface area contributed by atoms with Gasteiger partial charge in [0.25, 0.3) is 10.0 Å². The summed E-state index contributed by atoms with van der Waals surface area (Å²) in [4.78, 5) is 0. The molecule has 6 nitrogen and oxygen atoms in total. The quantitative estimate of drug-likeness (QED) is 0.721. The molecule has 1 heterocycles. The standard InChI is InChI=1S/C10H17N3O3S/c14-7-8-3-1-2-4-9(8)13-17(15,16)10-5-6-11-12-10/h5-6,8-9,13-14H,1-4,7H2,(H,11,12). The van der Waals surface area contributed by atoms with Crippen molar-refractivity contribution < 1.29 is 13.5 Å². The highest BCUT2D eigenvalue weighted by molar-refractivity contribution is 7.89. The molecule has 1 aromatic rings. The number of aromatic nitrogens is 2. The van der Waals surface area contributed by atoms with Crippen LogP contribution in [-0.2, 0) is 10.0 Å². The van der Waals surface area contributed by atoms with E-state index in [4.69, 9.17) is 0 Å². The van der Waals surface area contributed by atoms with Gasteiger partial charge in [0.1, 0.15) is 0 Å². The summed E-state index contributed by atoms with van der Waals surface area (Å²) < 4.78 is 26.6. The molecular weight excluding hydrogens is 242 g/mol. The highest BCUT2D eigenvalue weighted by atomic mass is 32.2. The van der Waals surface area contributed by atoms with E-state index in [1.807, 2.05) is 0 Å². The smallest absolute Gasteiger partial charge is 0.257 e. The molecule has 1 aliphatic rings. The van der Waals surface area contributed by atoms with Crippen LogP contribution in [0.4, 0.5) is 0 Å². The fourth-order valence-electron chi connectivity index (χ4n) is 2.24. The number of hydrogen-bond donors (Lipinski definition) is 3. The van der Waals surface area contributed by atoms with Gasteiger partial charge in [-0.05, 0) is 24.8 Å². The third-order valence-corrected chi connectivity index (χ3v) is 4.63. The van der Waals surface area contributed by atoms with Crippen LogP contribution in [0.2, 0.25) is 0 Å². The second kappa shape index (κ2) is 5.16. The molecule has 0 bridgehead atoms. The SMILES string of the molecule is O=S(=O)(NC1CCCCC1CO)c1ccn[nH]1. The van der Waals surface area contributed by atoms with Gasteiger partial charge in [0, 0.05) is 12.6 Å². The van der Waals surface area contributed by atoms with Crippen molar-refractivity contribution >= 4 is 10.0 Å². The first-order valence-electron chi connectivity index (χ1n) is 5.76. The number of rotatable bonds is 4. The van der Waals surface area contributed by atoms with Crippen LogP contribution in [0.25, 0.3) is 0 Å². The minimum absolute atomic E-state index is 0.0152. The summed E-state index contributed by atoms with van der Waals surface area (Å²) in [5.74, 6) is 0.0152. The van der Waals surface area contributed by atoms with Crippen LogP contribution in [0.5, 0.6) is 0 Å². The maximum absolute atomic E-state index is 12.0. The average Bonchev–Trinajstić information content (AvgIpc) is 2.83. The third-order valence-electron chi connectivity index (χ3n) is 3.21. The molecule has 1 saturated carbocycles. The monoisotopic (exact) mass is 259 g/mol. The van der Waals surface area contributed by atoms with Crippen molar-refractivity contribution in [1.82, 2.24) is 14.9 Å². The average molecular weight is 259 g/mol. The number of aliphatic hydroxyl groups is 1.